The molecule has 33 heavy (non-hydrogen) atoms. The van der Waals surface area contributed by atoms with Crippen molar-refractivity contribution in [2.75, 3.05) is 11.7 Å². The van der Waals surface area contributed by atoms with Crippen molar-refractivity contribution in [2.24, 2.45) is 0 Å². The molecule has 1 aromatic carbocycles. The second-order valence-electron chi connectivity index (χ2n) is 7.25. The molecule has 3 rings (SSSR count). The first-order valence-corrected chi connectivity index (χ1v) is 11.0. The highest BCUT2D eigenvalue weighted by Crippen LogP contribution is 2.43. The van der Waals surface area contributed by atoms with Gasteiger partial charge in [-0.1, -0.05) is 0 Å². The van der Waals surface area contributed by atoms with Crippen molar-refractivity contribution in [2.45, 2.75) is 31.8 Å². The first-order chi connectivity index (χ1) is 15.4. The monoisotopic (exact) mass is 485 g/mol. The van der Waals surface area contributed by atoms with E-state index in [1.165, 1.54) is 13.1 Å². The Hall–Kier alpha value is -3.29. The van der Waals surface area contributed by atoms with Crippen molar-refractivity contribution in [1.29, 1.82) is 0 Å². The molecule has 2 heterocycles. The molecule has 0 aliphatic carbocycles. The van der Waals surface area contributed by atoms with Gasteiger partial charge >= 0.3 is 25.4 Å². The van der Waals surface area contributed by atoms with Crippen LogP contribution < -0.4 is 16.3 Å². The first kappa shape index (κ1) is 24.4. The zero-order valence-corrected chi connectivity index (χ0v) is 17.9. The molecule has 0 bridgehead atoms. The maximum Gasteiger partial charge on any atom is 0.430 e. The zero-order valence-electron chi connectivity index (χ0n) is 17.0. The molecule has 0 spiro atoms. The predicted octanol–water partition coefficient (Wildman–Crippen LogP) is 0.119. The van der Waals surface area contributed by atoms with Crippen molar-refractivity contribution < 1.29 is 43.6 Å². The number of aryl methyl sites for hydroxylation is 1. The Morgan fingerprint density at radius 1 is 1.24 bits per heavy atom. The highest BCUT2D eigenvalue weighted by Gasteiger charge is 2.37. The topological polar surface area (TPSA) is 217 Å². The van der Waals surface area contributed by atoms with E-state index in [1.54, 1.807) is 0 Å². The van der Waals surface area contributed by atoms with E-state index in [-0.39, 0.29) is 17.7 Å². The molecule has 1 unspecified atom stereocenters. The van der Waals surface area contributed by atoms with Crippen LogP contribution in [0, 0.1) is 6.92 Å². The van der Waals surface area contributed by atoms with Crippen LogP contribution in [-0.2, 0) is 13.8 Å². The molecular formula is C18H20N3O11P. The van der Waals surface area contributed by atoms with Gasteiger partial charge in [0.15, 0.2) is 0 Å². The van der Waals surface area contributed by atoms with Crippen molar-refractivity contribution in [1.82, 2.24) is 9.55 Å². The molecular weight excluding hydrogens is 465 g/mol. The summed E-state index contributed by atoms with van der Waals surface area (Å²) in [6.45, 7) is 0.878. The lowest BCUT2D eigenvalue weighted by Gasteiger charge is -2.19. The minimum absolute atomic E-state index is 0.0643. The molecule has 1 aliphatic heterocycles. The van der Waals surface area contributed by atoms with E-state index < -0.39 is 67.1 Å². The molecule has 0 saturated carbocycles. The third-order valence-electron chi connectivity index (χ3n) is 4.77. The van der Waals surface area contributed by atoms with E-state index in [4.69, 9.17) is 19.5 Å². The van der Waals surface area contributed by atoms with Crippen molar-refractivity contribution >= 4 is 25.4 Å². The number of aromatic nitrogens is 2. The maximum atomic E-state index is 12.4. The van der Waals surface area contributed by atoms with Crippen molar-refractivity contribution in [3.8, 4) is 0 Å². The van der Waals surface area contributed by atoms with Crippen LogP contribution in [0.3, 0.4) is 0 Å². The van der Waals surface area contributed by atoms with E-state index >= 15 is 0 Å². The second kappa shape index (κ2) is 9.29. The van der Waals surface area contributed by atoms with Gasteiger partial charge in [0.2, 0.25) is 0 Å². The van der Waals surface area contributed by atoms with Gasteiger partial charge in [-0.2, -0.15) is 0 Å². The molecule has 1 aliphatic rings. The summed E-state index contributed by atoms with van der Waals surface area (Å²) in [5, 5.41) is 30.4. The Balaban J connectivity index is 1.69. The highest BCUT2D eigenvalue weighted by molar-refractivity contribution is 7.54. The number of carbonyl (C=O) groups is 2. The first-order valence-electron chi connectivity index (χ1n) is 9.39. The summed E-state index contributed by atoms with van der Waals surface area (Å²) in [5.41, 5.74) is -2.25. The van der Waals surface area contributed by atoms with Gasteiger partial charge in [-0.05, 0) is 25.1 Å². The lowest BCUT2D eigenvalue weighted by molar-refractivity contribution is -0.0422. The molecule has 1 saturated heterocycles. The van der Waals surface area contributed by atoms with Crippen LogP contribution in [0.4, 0.5) is 5.69 Å². The fourth-order valence-electron chi connectivity index (χ4n) is 3.14. The summed E-state index contributed by atoms with van der Waals surface area (Å²) in [7, 11) is -4.65. The summed E-state index contributed by atoms with van der Waals surface area (Å²) in [4.78, 5) is 58.0. The van der Waals surface area contributed by atoms with Gasteiger partial charge in [0.05, 0.1) is 23.8 Å². The summed E-state index contributed by atoms with van der Waals surface area (Å²) >= 11 is 0. The molecule has 178 valence electrons. The number of ether oxygens (including phenoxy) is 1. The maximum absolute atomic E-state index is 12.4. The van der Waals surface area contributed by atoms with Crippen LogP contribution in [0.15, 0.2) is 34.0 Å². The number of hydrogen-bond acceptors (Lipinski definition) is 8. The van der Waals surface area contributed by atoms with Crippen molar-refractivity contribution in [3.63, 3.8) is 0 Å². The number of H-pyrrole nitrogens is 1. The number of anilines is 1. The van der Waals surface area contributed by atoms with Gasteiger partial charge in [0, 0.05) is 23.9 Å². The molecule has 6 N–H and O–H groups in total. The van der Waals surface area contributed by atoms with E-state index in [1.807, 2.05) is 5.09 Å². The SMILES string of the molecule is Cc1cn([C@H]2C[C@H](O)[C@@H](COP(=O)(O)Nc3cc(C(=O)O)cc(C(=O)O)c3)O2)c(=O)[nH]c1=O. The standard InChI is InChI=1S/C18H20N3O11P/c1-8-6-21(18(28)19-15(8)23)14-5-12(22)13(32-14)7-31-33(29,30)20-11-3-9(16(24)25)2-10(4-11)17(26)27/h2-4,6,12-14,22H,5,7H2,1H3,(H,24,25)(H,26,27)(H,19,23,28)(H2,20,29,30)/t12-,13+,14+/m0/s1. The minimum Gasteiger partial charge on any atom is -0.478 e. The fraction of sp³-hybridized carbons (Fsp3) is 0.333. The van der Waals surface area contributed by atoms with Gasteiger partial charge in [-0.15, -0.1) is 0 Å². The number of rotatable bonds is 8. The minimum atomic E-state index is -4.65. The lowest BCUT2D eigenvalue weighted by atomic mass is 10.1. The van der Waals surface area contributed by atoms with E-state index in [2.05, 4.69) is 4.98 Å². The molecule has 1 aromatic heterocycles. The van der Waals surface area contributed by atoms with Crippen molar-refractivity contribution in [3.05, 3.63) is 61.9 Å². The number of nitrogens with one attached hydrogen (secondary N) is 2. The number of aliphatic hydroxyl groups is 1. The summed E-state index contributed by atoms with van der Waals surface area (Å²) in [6, 6.07) is 2.77. The fourth-order valence-corrected chi connectivity index (χ4v) is 4.01. The molecule has 0 radical (unpaired) electrons. The summed E-state index contributed by atoms with van der Waals surface area (Å²) in [5.74, 6) is -2.90. The van der Waals surface area contributed by atoms with Gasteiger partial charge in [0.25, 0.3) is 5.56 Å². The molecule has 14 nitrogen and oxygen atoms in total. The van der Waals surface area contributed by atoms with E-state index in [9.17, 15) is 33.7 Å². The molecule has 4 atom stereocenters. The number of benzene rings is 1. The van der Waals surface area contributed by atoms with Gasteiger partial charge in [-0.25, -0.2) is 18.9 Å². The molecule has 15 heteroatoms. The Morgan fingerprint density at radius 3 is 2.42 bits per heavy atom. The number of carboxylic acids is 2. The molecule has 0 amide bonds. The zero-order chi connectivity index (χ0) is 24.5. The lowest BCUT2D eigenvalue weighted by Crippen LogP contribution is -2.33. The summed E-state index contributed by atoms with van der Waals surface area (Å²) in [6.07, 6.45) is -2.06. The van der Waals surface area contributed by atoms with Gasteiger partial charge in [-0.3, -0.25) is 24.0 Å². The predicted molar refractivity (Wildman–Crippen MR) is 110 cm³/mol. The average molecular weight is 485 g/mol. The third kappa shape index (κ3) is 5.74. The van der Waals surface area contributed by atoms with Crippen LogP contribution in [0.5, 0.6) is 0 Å². The Morgan fingerprint density at radius 2 is 1.85 bits per heavy atom. The normalized spacial score (nSPS) is 22.0. The van der Waals surface area contributed by atoms with Crippen LogP contribution in [0.1, 0.15) is 38.9 Å². The van der Waals surface area contributed by atoms with Crippen LogP contribution >= 0.6 is 7.75 Å². The van der Waals surface area contributed by atoms with Crippen LogP contribution in [0.2, 0.25) is 0 Å². The number of hydrogen-bond donors (Lipinski definition) is 6. The number of aliphatic hydroxyl groups excluding tert-OH is 1. The third-order valence-corrected chi connectivity index (χ3v) is 5.81. The van der Waals surface area contributed by atoms with Crippen LogP contribution in [-0.4, -0.2) is 60.5 Å². The van der Waals surface area contributed by atoms with E-state index in [0.717, 1.165) is 22.8 Å². The molecule has 1 fully saturated rings. The number of carboxylic acid groups (broad SMARTS) is 2. The number of aromatic amines is 1. The van der Waals surface area contributed by atoms with Gasteiger partial charge in [0.1, 0.15) is 12.3 Å². The van der Waals surface area contributed by atoms with E-state index in [0.29, 0.717) is 0 Å². The smallest absolute Gasteiger partial charge is 0.430 e. The second-order valence-corrected chi connectivity index (χ2v) is 8.77. The Labute approximate surface area is 184 Å². The largest absolute Gasteiger partial charge is 0.478 e. The quantitative estimate of drug-likeness (QED) is 0.275. The Bertz CT molecular complexity index is 1220. The highest BCUT2D eigenvalue weighted by atomic mass is 31.2. The van der Waals surface area contributed by atoms with Gasteiger partial charge < -0.3 is 24.9 Å². The average Bonchev–Trinajstić information content (AvgIpc) is 3.09. The van der Waals surface area contributed by atoms with Crippen LogP contribution in [0.25, 0.3) is 0 Å². The number of nitrogens with zero attached hydrogens (tertiary/aromatic N) is 1. The molecule has 2 aromatic rings. The summed E-state index contributed by atoms with van der Waals surface area (Å²) < 4.78 is 23.9. The Kier molecular flexibility index (Phi) is 6.86. The number of aromatic carboxylic acids is 2.